The molecule has 2 rings (SSSR count). The molecule has 0 spiro atoms. The monoisotopic (exact) mass is 443 g/mol. The minimum Gasteiger partial charge on any atom is -0.378 e. The molecule has 106 valence electrons. The third-order valence-corrected chi connectivity index (χ3v) is 3.53. The maximum atomic E-state index is 13.1. The fourth-order valence-corrected chi connectivity index (χ4v) is 2.10. The summed E-state index contributed by atoms with van der Waals surface area (Å²) in [6.07, 6.45) is 0. The normalized spacial score (nSPS) is 16.1. The van der Waals surface area contributed by atoms with Crippen molar-refractivity contribution in [2.24, 2.45) is 10.7 Å². The summed E-state index contributed by atoms with van der Waals surface area (Å²) in [5, 5.41) is 0. The van der Waals surface area contributed by atoms with E-state index < -0.39 is 0 Å². The molecule has 0 radical (unpaired) electrons. The van der Waals surface area contributed by atoms with Crippen LogP contribution in [0.4, 0.5) is 4.39 Å². The summed E-state index contributed by atoms with van der Waals surface area (Å²) < 4.78 is 19.2. The lowest BCUT2D eigenvalue weighted by molar-refractivity contribution is 0.0674. The highest BCUT2D eigenvalue weighted by Crippen LogP contribution is 2.18. The van der Waals surface area contributed by atoms with Gasteiger partial charge in [-0.3, -0.25) is 0 Å². The molecule has 1 aliphatic rings. The number of rotatable bonds is 2. The van der Waals surface area contributed by atoms with Crippen molar-refractivity contribution in [3.63, 3.8) is 0 Å². The molecule has 1 aliphatic heterocycles. The average molecular weight is 444 g/mol. The van der Waals surface area contributed by atoms with Gasteiger partial charge in [0.1, 0.15) is 5.82 Å². The van der Waals surface area contributed by atoms with Crippen LogP contribution < -0.4 is 5.73 Å². The Bertz CT molecular complexity index is 453. The van der Waals surface area contributed by atoms with E-state index in [2.05, 4.69) is 20.9 Å². The van der Waals surface area contributed by atoms with Gasteiger partial charge < -0.3 is 15.4 Å². The van der Waals surface area contributed by atoms with Gasteiger partial charge in [-0.2, -0.15) is 0 Å². The summed E-state index contributed by atoms with van der Waals surface area (Å²) in [4.78, 5) is 6.26. The van der Waals surface area contributed by atoms with E-state index >= 15 is 0 Å². The second kappa shape index (κ2) is 8.01. The van der Waals surface area contributed by atoms with Gasteiger partial charge in [-0.05, 0) is 23.8 Å². The van der Waals surface area contributed by atoms with Crippen LogP contribution >= 0.6 is 39.9 Å². The first kappa shape index (κ1) is 16.6. The zero-order valence-corrected chi connectivity index (χ0v) is 14.2. The van der Waals surface area contributed by atoms with E-state index in [9.17, 15) is 4.39 Å². The van der Waals surface area contributed by atoms with Gasteiger partial charge in [0.05, 0.1) is 19.8 Å². The van der Waals surface area contributed by atoms with Crippen LogP contribution in [-0.4, -0.2) is 37.2 Å². The number of aliphatic imine (C=N–C) groups is 1. The zero-order valence-electron chi connectivity index (χ0n) is 10.3. The lowest BCUT2D eigenvalue weighted by Crippen LogP contribution is -2.44. The van der Waals surface area contributed by atoms with Crippen molar-refractivity contribution in [2.75, 3.05) is 26.3 Å². The summed E-state index contributed by atoms with van der Waals surface area (Å²) in [6.45, 7) is 3.20. The number of morpholine rings is 1. The minimum atomic E-state index is -0.270. The Morgan fingerprint density at radius 2 is 2.11 bits per heavy atom. The van der Waals surface area contributed by atoms with Crippen LogP contribution in [0.5, 0.6) is 0 Å². The number of benzene rings is 1. The van der Waals surface area contributed by atoms with E-state index in [0.717, 1.165) is 23.1 Å². The maximum absolute atomic E-state index is 13.1. The van der Waals surface area contributed by atoms with Crippen molar-refractivity contribution >= 4 is 45.9 Å². The fourth-order valence-electron chi connectivity index (χ4n) is 1.72. The highest BCUT2D eigenvalue weighted by molar-refractivity contribution is 14.0. The summed E-state index contributed by atoms with van der Waals surface area (Å²) in [5.41, 5.74) is 6.68. The second-order valence-corrected chi connectivity index (χ2v) is 4.86. The standard InChI is InChI=1S/C12H15BrFN3O.HI/c13-11-2-1-10(14)7-9(11)8-16-12(15)17-3-5-18-6-4-17;/h1-2,7H,3-6,8H2,(H2,15,16);1H. The first-order chi connectivity index (χ1) is 8.66. The molecule has 1 saturated heterocycles. The van der Waals surface area contributed by atoms with Crippen molar-refractivity contribution in [2.45, 2.75) is 6.54 Å². The average Bonchev–Trinajstić information content (AvgIpc) is 2.40. The van der Waals surface area contributed by atoms with E-state index in [0.29, 0.717) is 25.7 Å². The van der Waals surface area contributed by atoms with Crippen LogP contribution in [0, 0.1) is 5.82 Å². The summed E-state index contributed by atoms with van der Waals surface area (Å²) in [6, 6.07) is 4.54. The molecule has 4 nitrogen and oxygen atoms in total. The van der Waals surface area contributed by atoms with Gasteiger partial charge in [0.15, 0.2) is 5.96 Å². The zero-order chi connectivity index (χ0) is 13.0. The molecule has 2 N–H and O–H groups in total. The lowest BCUT2D eigenvalue weighted by Gasteiger charge is -2.27. The van der Waals surface area contributed by atoms with Crippen LogP contribution in [0.15, 0.2) is 27.7 Å². The predicted octanol–water partition coefficient (Wildman–Crippen LogP) is 2.35. The van der Waals surface area contributed by atoms with E-state index in [4.69, 9.17) is 10.5 Å². The Balaban J connectivity index is 0.00000180. The molecule has 1 aromatic rings. The first-order valence-electron chi connectivity index (χ1n) is 5.73. The number of hydrogen-bond acceptors (Lipinski definition) is 2. The van der Waals surface area contributed by atoms with E-state index in [1.54, 1.807) is 6.07 Å². The van der Waals surface area contributed by atoms with Crippen molar-refractivity contribution in [1.82, 2.24) is 4.90 Å². The van der Waals surface area contributed by atoms with E-state index in [1.165, 1.54) is 12.1 Å². The van der Waals surface area contributed by atoms with Crippen LogP contribution in [-0.2, 0) is 11.3 Å². The smallest absolute Gasteiger partial charge is 0.191 e. The number of ether oxygens (including phenoxy) is 1. The molecule has 0 amide bonds. The largest absolute Gasteiger partial charge is 0.378 e. The van der Waals surface area contributed by atoms with Crippen LogP contribution in [0.1, 0.15) is 5.56 Å². The maximum Gasteiger partial charge on any atom is 0.191 e. The van der Waals surface area contributed by atoms with Gasteiger partial charge in [-0.15, -0.1) is 24.0 Å². The molecular formula is C12H16BrFIN3O. The molecular weight excluding hydrogens is 428 g/mol. The van der Waals surface area contributed by atoms with Gasteiger partial charge in [0.25, 0.3) is 0 Å². The molecule has 0 saturated carbocycles. The molecule has 1 fully saturated rings. The molecule has 1 heterocycles. The molecule has 1 aromatic carbocycles. The molecule has 7 heteroatoms. The Morgan fingerprint density at radius 3 is 2.79 bits per heavy atom. The molecule has 0 unspecified atom stereocenters. The number of nitrogens with two attached hydrogens (primary N) is 1. The highest BCUT2D eigenvalue weighted by Gasteiger charge is 2.12. The van der Waals surface area contributed by atoms with Gasteiger partial charge in [0.2, 0.25) is 0 Å². The number of nitrogens with zero attached hydrogens (tertiary/aromatic N) is 2. The quantitative estimate of drug-likeness (QED) is 0.433. The van der Waals surface area contributed by atoms with Crippen molar-refractivity contribution in [3.05, 3.63) is 34.1 Å². The van der Waals surface area contributed by atoms with Crippen LogP contribution in [0.2, 0.25) is 0 Å². The van der Waals surface area contributed by atoms with E-state index in [1.807, 2.05) is 4.90 Å². The predicted molar refractivity (Wildman–Crippen MR) is 87.2 cm³/mol. The molecule has 19 heavy (non-hydrogen) atoms. The summed E-state index contributed by atoms with van der Waals surface area (Å²) >= 11 is 3.37. The van der Waals surface area contributed by atoms with Crippen LogP contribution in [0.25, 0.3) is 0 Å². The first-order valence-corrected chi connectivity index (χ1v) is 6.52. The van der Waals surface area contributed by atoms with Crippen LogP contribution in [0.3, 0.4) is 0 Å². The topological polar surface area (TPSA) is 50.8 Å². The van der Waals surface area contributed by atoms with Gasteiger partial charge >= 0.3 is 0 Å². The number of guanidine groups is 1. The third kappa shape index (κ3) is 4.88. The lowest BCUT2D eigenvalue weighted by atomic mass is 10.2. The summed E-state index contributed by atoms with van der Waals surface area (Å²) in [5.74, 6) is 0.211. The SMILES string of the molecule is I.NC(=NCc1cc(F)ccc1Br)N1CCOCC1. The third-order valence-electron chi connectivity index (χ3n) is 2.75. The molecule has 0 bridgehead atoms. The van der Waals surface area contributed by atoms with Gasteiger partial charge in [-0.25, -0.2) is 9.38 Å². The molecule has 0 atom stereocenters. The van der Waals surface area contributed by atoms with Gasteiger partial charge in [0, 0.05) is 17.6 Å². The minimum absolute atomic E-state index is 0. The van der Waals surface area contributed by atoms with E-state index in [-0.39, 0.29) is 29.8 Å². The highest BCUT2D eigenvalue weighted by atomic mass is 127. The number of halogens is 3. The Hall–Kier alpha value is -0.410. The fraction of sp³-hybridized carbons (Fsp3) is 0.417. The van der Waals surface area contributed by atoms with Crippen molar-refractivity contribution in [1.29, 1.82) is 0 Å². The molecule has 0 aromatic heterocycles. The number of hydrogen-bond donors (Lipinski definition) is 1. The summed E-state index contributed by atoms with van der Waals surface area (Å²) in [7, 11) is 0. The Kier molecular flexibility index (Phi) is 7.01. The molecule has 0 aliphatic carbocycles. The van der Waals surface area contributed by atoms with Crippen molar-refractivity contribution < 1.29 is 9.13 Å². The van der Waals surface area contributed by atoms with Crippen molar-refractivity contribution in [3.8, 4) is 0 Å². The van der Waals surface area contributed by atoms with Gasteiger partial charge in [-0.1, -0.05) is 15.9 Å². The Morgan fingerprint density at radius 1 is 1.42 bits per heavy atom. The second-order valence-electron chi connectivity index (χ2n) is 4.01. The Labute approximate surface area is 137 Å².